The molecule has 2 heterocycles. The van der Waals surface area contributed by atoms with E-state index in [4.69, 9.17) is 0 Å². The third-order valence-electron chi connectivity index (χ3n) is 13.9. The van der Waals surface area contributed by atoms with Crippen molar-refractivity contribution in [1.82, 2.24) is 9.13 Å². The standard InChI is InChI=1S/C60H48N2Si/c1-4-20-49(21-5-1)63(50-22-6-2-7-23-50,51-24-8-3-9-25-51)52-26-16-19-47(41-52)62-58-40-39-48(61-56-29-14-12-27-53(56)54-28-13-15-30-57(54)61)42-55(58)59-45-36-35-44-33-31-43(32-34-44)17-10-11-18-46(38-37-45)60(59)62/h1-9,12-16,19-34,37-42H,10-11,17-18,35-36H2. The molecule has 0 saturated heterocycles. The Balaban J connectivity index is 1.16. The van der Waals surface area contributed by atoms with Gasteiger partial charge in [0.1, 0.15) is 0 Å². The maximum absolute atomic E-state index is 2.78. The number of aromatic nitrogens is 2. The van der Waals surface area contributed by atoms with E-state index < -0.39 is 8.07 Å². The fourth-order valence-electron chi connectivity index (χ4n) is 11.0. The Kier molecular flexibility index (Phi) is 9.30. The highest BCUT2D eigenvalue weighted by Gasteiger charge is 2.41. The molecular formula is C60H48N2Si. The zero-order valence-electron chi connectivity index (χ0n) is 35.4. The molecule has 63 heavy (non-hydrogen) atoms. The second-order valence-electron chi connectivity index (χ2n) is 17.4. The molecule has 0 spiro atoms. The lowest BCUT2D eigenvalue weighted by molar-refractivity contribution is 0.734. The van der Waals surface area contributed by atoms with Crippen LogP contribution in [-0.4, -0.2) is 17.2 Å². The molecule has 15 rings (SSSR count). The van der Waals surface area contributed by atoms with Gasteiger partial charge < -0.3 is 9.13 Å². The van der Waals surface area contributed by atoms with E-state index in [0.29, 0.717) is 0 Å². The van der Waals surface area contributed by atoms with Crippen molar-refractivity contribution in [2.45, 2.75) is 38.5 Å². The van der Waals surface area contributed by atoms with Gasteiger partial charge in [-0.1, -0.05) is 176 Å². The first-order chi connectivity index (χ1) is 31.3. The Morgan fingerprint density at radius 1 is 0.317 bits per heavy atom. The largest absolute Gasteiger partial charge is 0.309 e. The van der Waals surface area contributed by atoms with Crippen LogP contribution in [-0.2, 0) is 25.7 Å². The van der Waals surface area contributed by atoms with Crippen LogP contribution in [0.4, 0.5) is 0 Å². The first kappa shape index (κ1) is 37.5. The topological polar surface area (TPSA) is 9.86 Å². The van der Waals surface area contributed by atoms with E-state index >= 15 is 0 Å². The summed E-state index contributed by atoms with van der Waals surface area (Å²) in [6, 6.07) is 83.0. The number of hydrogen-bond acceptors (Lipinski definition) is 0. The molecule has 2 aromatic heterocycles. The predicted molar refractivity (Wildman–Crippen MR) is 269 cm³/mol. The summed E-state index contributed by atoms with van der Waals surface area (Å²) in [5, 5.41) is 10.8. The molecule has 0 amide bonds. The second kappa shape index (κ2) is 15.6. The number of benzene rings is 9. The van der Waals surface area contributed by atoms with E-state index in [2.05, 4.69) is 228 Å². The quantitative estimate of drug-likeness (QED) is 0.117. The molecule has 2 nitrogen and oxygen atoms in total. The van der Waals surface area contributed by atoms with E-state index in [9.17, 15) is 0 Å². The molecular weight excluding hydrogens is 777 g/mol. The Morgan fingerprint density at radius 2 is 0.825 bits per heavy atom. The van der Waals surface area contributed by atoms with Crippen LogP contribution in [0.25, 0.3) is 55.0 Å². The third kappa shape index (κ3) is 6.21. The molecule has 0 unspecified atom stereocenters. The predicted octanol–water partition coefficient (Wildman–Crippen LogP) is 11.9. The summed E-state index contributed by atoms with van der Waals surface area (Å²) in [5.41, 5.74) is 13.2. The van der Waals surface area contributed by atoms with Gasteiger partial charge in [0.2, 0.25) is 0 Å². The monoisotopic (exact) mass is 824 g/mol. The Labute approximate surface area is 370 Å². The first-order valence-electron chi connectivity index (χ1n) is 22.7. The lowest BCUT2D eigenvalue weighted by Crippen LogP contribution is -2.74. The van der Waals surface area contributed by atoms with Gasteiger partial charge in [0.05, 0.1) is 22.1 Å². The van der Waals surface area contributed by atoms with Crippen molar-refractivity contribution in [1.29, 1.82) is 0 Å². The van der Waals surface area contributed by atoms with Crippen LogP contribution in [0.5, 0.6) is 0 Å². The molecule has 4 aliphatic carbocycles. The van der Waals surface area contributed by atoms with E-state index in [1.165, 1.54) is 98.0 Å². The summed E-state index contributed by atoms with van der Waals surface area (Å²) in [4.78, 5) is 0. The van der Waals surface area contributed by atoms with Gasteiger partial charge in [-0.2, -0.15) is 0 Å². The van der Waals surface area contributed by atoms with Crippen LogP contribution in [0.2, 0.25) is 0 Å². The van der Waals surface area contributed by atoms with Crippen LogP contribution in [0, 0.1) is 0 Å². The van der Waals surface area contributed by atoms with E-state index in [0.717, 1.165) is 38.5 Å². The van der Waals surface area contributed by atoms with E-state index in [1.54, 1.807) is 0 Å². The summed E-state index contributed by atoms with van der Waals surface area (Å²) in [7, 11) is -2.78. The van der Waals surface area contributed by atoms with Gasteiger partial charge in [-0.25, -0.2) is 0 Å². The highest BCUT2D eigenvalue weighted by molar-refractivity contribution is 7.19. The molecule has 0 N–H and O–H groups in total. The summed E-state index contributed by atoms with van der Waals surface area (Å²) in [6.07, 6.45) is 6.41. The normalized spacial score (nSPS) is 13.3. The molecule has 0 atom stereocenters. The lowest BCUT2D eigenvalue weighted by Gasteiger charge is -2.34. The van der Waals surface area contributed by atoms with Crippen molar-refractivity contribution >= 4 is 72.4 Å². The van der Waals surface area contributed by atoms with Gasteiger partial charge >= 0.3 is 0 Å². The van der Waals surface area contributed by atoms with Crippen LogP contribution < -0.4 is 20.7 Å². The van der Waals surface area contributed by atoms with Crippen molar-refractivity contribution in [2.24, 2.45) is 0 Å². The smallest absolute Gasteiger partial charge is 0.179 e. The van der Waals surface area contributed by atoms with Crippen molar-refractivity contribution in [2.75, 3.05) is 0 Å². The lowest BCUT2D eigenvalue weighted by atomic mass is 9.93. The Morgan fingerprint density at radius 3 is 1.46 bits per heavy atom. The summed E-state index contributed by atoms with van der Waals surface area (Å²) in [5.74, 6) is 0. The molecule has 11 aromatic rings. The summed E-state index contributed by atoms with van der Waals surface area (Å²) >= 11 is 0. The minimum Gasteiger partial charge on any atom is -0.309 e. The second-order valence-corrected chi connectivity index (χ2v) is 21.2. The van der Waals surface area contributed by atoms with Gasteiger partial charge in [0.25, 0.3) is 0 Å². The van der Waals surface area contributed by atoms with Crippen LogP contribution in [0.15, 0.2) is 218 Å². The minimum atomic E-state index is -2.78. The summed E-state index contributed by atoms with van der Waals surface area (Å²) in [6.45, 7) is 0. The highest BCUT2D eigenvalue weighted by atomic mass is 28.3. The molecule has 0 fully saturated rings. The average molecular weight is 825 g/mol. The highest BCUT2D eigenvalue weighted by Crippen LogP contribution is 2.40. The zero-order chi connectivity index (χ0) is 41.7. The van der Waals surface area contributed by atoms with Crippen LogP contribution in [0.1, 0.15) is 35.1 Å². The molecule has 4 aliphatic rings. The van der Waals surface area contributed by atoms with Crippen molar-refractivity contribution < 1.29 is 0 Å². The van der Waals surface area contributed by atoms with Crippen LogP contribution in [0.3, 0.4) is 0 Å². The van der Waals surface area contributed by atoms with Crippen molar-refractivity contribution in [3.63, 3.8) is 0 Å². The minimum absolute atomic E-state index is 0.973. The fourth-order valence-corrected chi connectivity index (χ4v) is 15.8. The zero-order valence-corrected chi connectivity index (χ0v) is 36.4. The fraction of sp³-hybridized carbons (Fsp3) is 0.100. The van der Waals surface area contributed by atoms with Gasteiger partial charge in [-0.3, -0.25) is 0 Å². The van der Waals surface area contributed by atoms with E-state index in [-0.39, 0.29) is 0 Å². The van der Waals surface area contributed by atoms with Crippen molar-refractivity contribution in [3.05, 3.63) is 241 Å². The number of aryl methyl sites for hydroxylation is 4. The maximum atomic E-state index is 2.64. The molecule has 9 aromatic carbocycles. The number of fused-ring (bicyclic) bond motifs is 4. The number of para-hydroxylation sites is 2. The average Bonchev–Trinajstić information content (AvgIpc) is 3.88. The number of rotatable bonds is 6. The van der Waals surface area contributed by atoms with E-state index in [1.807, 2.05) is 0 Å². The molecule has 0 saturated carbocycles. The Bertz CT molecular complexity index is 3280. The summed E-state index contributed by atoms with van der Waals surface area (Å²) < 4.78 is 5.12. The maximum Gasteiger partial charge on any atom is 0.179 e. The SMILES string of the molecule is c1ccc([Si](c2ccccc2)(c2ccccc2)c2cccc(-n3c4ccc(-n5c6ccccc6c6ccccc65)cc4c4c5ccc(c43)CCCCc3ccc(cc3)CC5)c2)cc1. The number of hydrogen-bond donors (Lipinski definition) is 0. The Hall–Kier alpha value is -7.20. The molecule has 4 bridgehead atoms. The first-order valence-corrected chi connectivity index (χ1v) is 24.7. The van der Waals surface area contributed by atoms with Gasteiger partial charge in [0, 0.05) is 32.9 Å². The van der Waals surface area contributed by atoms with Gasteiger partial charge in [-0.05, 0) is 124 Å². The van der Waals surface area contributed by atoms with Gasteiger partial charge in [-0.15, -0.1) is 0 Å². The molecule has 0 aliphatic heterocycles. The van der Waals surface area contributed by atoms with Crippen molar-refractivity contribution in [3.8, 4) is 11.4 Å². The van der Waals surface area contributed by atoms with Crippen LogP contribution >= 0.6 is 0 Å². The molecule has 0 radical (unpaired) electrons. The third-order valence-corrected chi connectivity index (χ3v) is 18.7. The van der Waals surface area contributed by atoms with Gasteiger partial charge in [0.15, 0.2) is 8.07 Å². The molecule has 3 heteroatoms. The number of nitrogens with zero attached hydrogens (tertiary/aromatic N) is 2. The molecule has 302 valence electrons.